The summed E-state index contributed by atoms with van der Waals surface area (Å²) in [6, 6.07) is 15.5. The highest BCUT2D eigenvalue weighted by Gasteiger charge is 2.22. The van der Waals surface area contributed by atoms with Crippen molar-refractivity contribution in [1.29, 1.82) is 0 Å². The van der Waals surface area contributed by atoms with Crippen molar-refractivity contribution < 1.29 is 32.3 Å². The van der Waals surface area contributed by atoms with Gasteiger partial charge in [0.1, 0.15) is 11.5 Å². The summed E-state index contributed by atoms with van der Waals surface area (Å²) < 4.78 is 42.0. The van der Waals surface area contributed by atoms with Gasteiger partial charge >= 0.3 is 11.7 Å². The second-order valence-corrected chi connectivity index (χ2v) is 8.64. The summed E-state index contributed by atoms with van der Waals surface area (Å²) in [4.78, 5) is 23.0. The molecule has 0 N–H and O–H groups in total. The number of ether oxygens (including phenoxy) is 3. The molecule has 0 atom stereocenters. The Kier molecular flexibility index (Phi) is 6.83. The lowest BCUT2D eigenvalue weighted by atomic mass is 10.2. The molecule has 0 bridgehead atoms. The molecule has 0 saturated carbocycles. The Balaban J connectivity index is 1.76. The maximum absolute atomic E-state index is 12.9. The van der Waals surface area contributed by atoms with E-state index in [9.17, 15) is 23.3 Å². The number of methoxy groups -OCH3 is 2. The van der Waals surface area contributed by atoms with Gasteiger partial charge in [-0.3, -0.25) is 14.4 Å². The molecule has 33 heavy (non-hydrogen) atoms. The number of sulfonamides is 1. The van der Waals surface area contributed by atoms with Crippen LogP contribution in [0.25, 0.3) is 0 Å². The molecule has 0 aromatic heterocycles. The van der Waals surface area contributed by atoms with Gasteiger partial charge < -0.3 is 14.2 Å². The molecule has 0 saturated heterocycles. The first-order valence-corrected chi connectivity index (χ1v) is 10.9. The summed E-state index contributed by atoms with van der Waals surface area (Å²) in [7, 11) is 0.350. The van der Waals surface area contributed by atoms with Crippen molar-refractivity contribution in [3.05, 3.63) is 82.4 Å². The van der Waals surface area contributed by atoms with Gasteiger partial charge in [0, 0.05) is 13.1 Å². The summed E-state index contributed by atoms with van der Waals surface area (Å²) in [5, 5.41) is 11.1. The lowest BCUT2D eigenvalue weighted by molar-refractivity contribution is -0.385. The number of rotatable bonds is 8. The summed E-state index contributed by atoms with van der Waals surface area (Å²) >= 11 is 0. The van der Waals surface area contributed by atoms with Crippen molar-refractivity contribution in [2.45, 2.75) is 4.90 Å². The third-order valence-electron chi connectivity index (χ3n) is 4.74. The number of carbonyl (C=O) groups excluding carboxylic acids is 1. The molecule has 0 unspecified atom stereocenters. The van der Waals surface area contributed by atoms with Crippen LogP contribution in [0.4, 0.5) is 11.4 Å². The van der Waals surface area contributed by atoms with Crippen LogP contribution in [0.3, 0.4) is 0 Å². The Morgan fingerprint density at radius 1 is 0.909 bits per heavy atom. The first kappa shape index (κ1) is 23.5. The van der Waals surface area contributed by atoms with E-state index in [1.807, 2.05) is 0 Å². The fourth-order valence-corrected chi connectivity index (χ4v) is 4.09. The Morgan fingerprint density at radius 2 is 1.52 bits per heavy atom. The van der Waals surface area contributed by atoms with Crippen LogP contribution in [-0.4, -0.2) is 40.6 Å². The largest absolute Gasteiger partial charge is 0.497 e. The zero-order valence-electron chi connectivity index (χ0n) is 17.9. The summed E-state index contributed by atoms with van der Waals surface area (Å²) in [6.45, 7) is 0. The van der Waals surface area contributed by atoms with E-state index >= 15 is 0 Å². The van der Waals surface area contributed by atoms with Gasteiger partial charge in [-0.1, -0.05) is 0 Å². The zero-order chi connectivity index (χ0) is 24.2. The first-order chi connectivity index (χ1) is 15.7. The van der Waals surface area contributed by atoms with E-state index in [0.717, 1.165) is 10.4 Å². The summed E-state index contributed by atoms with van der Waals surface area (Å²) in [6.07, 6.45) is 0. The maximum Gasteiger partial charge on any atom is 0.343 e. The number of nitrogens with zero attached hydrogens (tertiary/aromatic N) is 2. The van der Waals surface area contributed by atoms with Crippen molar-refractivity contribution in [2.24, 2.45) is 0 Å². The molecule has 0 amide bonds. The van der Waals surface area contributed by atoms with Crippen molar-refractivity contribution in [3.8, 4) is 17.2 Å². The molecular formula is C22H20N2O8S. The minimum Gasteiger partial charge on any atom is -0.497 e. The molecular weight excluding hydrogens is 452 g/mol. The molecule has 3 aromatic carbocycles. The lowest BCUT2D eigenvalue weighted by Gasteiger charge is -2.20. The standard InChI is InChI=1S/C22H20N2O8S/c1-23(33(28,29)19-11-9-17(30-2)10-12-19)16-5-7-18(8-6-16)32-22(25)15-4-13-21(31-3)20(14-15)24(26)27/h4-14H,1-3H3. The second-order valence-electron chi connectivity index (χ2n) is 6.68. The highest BCUT2D eigenvalue weighted by molar-refractivity contribution is 7.92. The van der Waals surface area contributed by atoms with E-state index in [2.05, 4.69) is 0 Å². The molecule has 0 fully saturated rings. The summed E-state index contributed by atoms with van der Waals surface area (Å²) in [5.41, 5.74) is -0.0656. The van der Waals surface area contributed by atoms with Crippen LogP contribution in [0.15, 0.2) is 71.6 Å². The molecule has 3 aromatic rings. The highest BCUT2D eigenvalue weighted by atomic mass is 32.2. The van der Waals surface area contributed by atoms with Gasteiger partial charge in [-0.25, -0.2) is 13.2 Å². The number of carbonyl (C=O) groups is 1. The molecule has 0 aliphatic heterocycles. The van der Waals surface area contributed by atoms with Crippen molar-refractivity contribution >= 4 is 27.4 Å². The lowest BCUT2D eigenvalue weighted by Crippen LogP contribution is -2.26. The minimum atomic E-state index is -3.82. The summed E-state index contributed by atoms with van der Waals surface area (Å²) in [5.74, 6) is -0.128. The maximum atomic E-state index is 12.9. The van der Waals surface area contributed by atoms with E-state index < -0.39 is 20.9 Å². The van der Waals surface area contributed by atoms with Gasteiger partial charge in [0.2, 0.25) is 0 Å². The molecule has 0 radical (unpaired) electrons. The van der Waals surface area contributed by atoms with Gasteiger partial charge in [-0.05, 0) is 60.7 Å². The Hall–Kier alpha value is -4.12. The molecule has 172 valence electrons. The van der Waals surface area contributed by atoms with Crippen LogP contribution in [-0.2, 0) is 10.0 Å². The minimum absolute atomic E-state index is 0.0157. The smallest absolute Gasteiger partial charge is 0.343 e. The van der Waals surface area contributed by atoms with Crippen LogP contribution in [0, 0.1) is 10.1 Å². The van der Waals surface area contributed by atoms with Crippen LogP contribution in [0.5, 0.6) is 17.2 Å². The number of nitro groups is 1. The first-order valence-electron chi connectivity index (χ1n) is 9.45. The number of esters is 1. The predicted molar refractivity (Wildman–Crippen MR) is 120 cm³/mol. The van der Waals surface area contributed by atoms with E-state index in [1.54, 1.807) is 12.1 Å². The fourth-order valence-electron chi connectivity index (χ4n) is 2.89. The second kappa shape index (κ2) is 9.57. The molecule has 0 aliphatic rings. The number of benzene rings is 3. The quantitative estimate of drug-likeness (QED) is 0.210. The van der Waals surface area contributed by atoms with Crippen LogP contribution in [0.2, 0.25) is 0 Å². The number of hydrogen-bond acceptors (Lipinski definition) is 8. The van der Waals surface area contributed by atoms with Gasteiger partial charge in [0.15, 0.2) is 5.75 Å². The third kappa shape index (κ3) is 5.04. The highest BCUT2D eigenvalue weighted by Crippen LogP contribution is 2.29. The normalized spacial score (nSPS) is 10.9. The third-order valence-corrected chi connectivity index (χ3v) is 6.54. The monoisotopic (exact) mass is 472 g/mol. The molecule has 3 rings (SSSR count). The average molecular weight is 472 g/mol. The van der Waals surface area contributed by atoms with Gasteiger partial charge in [-0.2, -0.15) is 0 Å². The van der Waals surface area contributed by atoms with E-state index in [1.165, 1.54) is 69.8 Å². The van der Waals surface area contributed by atoms with Crippen LogP contribution < -0.4 is 18.5 Å². The molecule has 10 nitrogen and oxygen atoms in total. The van der Waals surface area contributed by atoms with Gasteiger partial charge in [0.05, 0.1) is 35.3 Å². The Labute approximate surface area is 190 Å². The van der Waals surface area contributed by atoms with Crippen molar-refractivity contribution in [3.63, 3.8) is 0 Å². The zero-order valence-corrected chi connectivity index (χ0v) is 18.7. The SMILES string of the molecule is COc1ccc(S(=O)(=O)N(C)c2ccc(OC(=O)c3ccc(OC)c([N+](=O)[O-])c3)cc2)cc1. The Bertz CT molecular complexity index is 1270. The van der Waals surface area contributed by atoms with E-state index in [-0.39, 0.29) is 27.6 Å². The fraction of sp³-hybridized carbons (Fsp3) is 0.136. The predicted octanol–water partition coefficient (Wildman–Crippen LogP) is 3.66. The Morgan fingerprint density at radius 3 is 2.06 bits per heavy atom. The average Bonchev–Trinajstić information content (AvgIpc) is 2.83. The van der Waals surface area contributed by atoms with Crippen molar-refractivity contribution in [2.75, 3.05) is 25.6 Å². The molecule has 0 aliphatic carbocycles. The van der Waals surface area contributed by atoms with Crippen LogP contribution >= 0.6 is 0 Å². The molecule has 11 heteroatoms. The van der Waals surface area contributed by atoms with E-state index in [0.29, 0.717) is 11.4 Å². The number of anilines is 1. The van der Waals surface area contributed by atoms with Crippen molar-refractivity contribution in [1.82, 2.24) is 0 Å². The van der Waals surface area contributed by atoms with Gasteiger partial charge in [-0.15, -0.1) is 0 Å². The topological polar surface area (TPSA) is 125 Å². The number of hydrogen-bond donors (Lipinski definition) is 0. The van der Waals surface area contributed by atoms with Crippen LogP contribution in [0.1, 0.15) is 10.4 Å². The van der Waals surface area contributed by atoms with E-state index in [4.69, 9.17) is 14.2 Å². The molecule has 0 heterocycles. The van der Waals surface area contributed by atoms with Gasteiger partial charge in [0.25, 0.3) is 10.0 Å². The molecule has 0 spiro atoms. The number of nitro benzene ring substituents is 1.